The number of hydrogen-bond acceptors (Lipinski definition) is 2. The van der Waals surface area contributed by atoms with Crippen LogP contribution in [0.4, 0.5) is 0 Å². The van der Waals surface area contributed by atoms with Gasteiger partial charge in [-0.2, -0.15) is 0 Å². The maximum Gasteiger partial charge on any atom is 0.222 e. The lowest BCUT2D eigenvalue weighted by Crippen LogP contribution is -2.46. The number of amides is 1. The molecule has 0 saturated carbocycles. The highest BCUT2D eigenvalue weighted by atomic mass is 16.2. The van der Waals surface area contributed by atoms with Crippen LogP contribution in [0.2, 0.25) is 0 Å². The molecule has 1 heterocycles. The van der Waals surface area contributed by atoms with Gasteiger partial charge in [0.2, 0.25) is 5.91 Å². The Morgan fingerprint density at radius 1 is 1.57 bits per heavy atom. The molecule has 3 heteroatoms. The lowest BCUT2D eigenvalue weighted by atomic mass is 9.90. The third-order valence-corrected chi connectivity index (χ3v) is 2.91. The summed E-state index contributed by atoms with van der Waals surface area (Å²) in [4.78, 5) is 13.6. The highest BCUT2D eigenvalue weighted by Gasteiger charge is 2.27. The van der Waals surface area contributed by atoms with Crippen LogP contribution >= 0.6 is 0 Å². The van der Waals surface area contributed by atoms with Crippen LogP contribution in [0.25, 0.3) is 0 Å². The summed E-state index contributed by atoms with van der Waals surface area (Å²) in [5.41, 5.74) is 5.71. The quantitative estimate of drug-likeness (QED) is 0.741. The van der Waals surface area contributed by atoms with Crippen LogP contribution in [0.15, 0.2) is 0 Å². The Labute approximate surface area is 86.6 Å². The van der Waals surface area contributed by atoms with Crippen LogP contribution in [0.1, 0.15) is 33.6 Å². The maximum absolute atomic E-state index is 11.6. The second kappa shape index (κ2) is 4.30. The molecule has 3 nitrogen and oxygen atoms in total. The first-order valence-corrected chi connectivity index (χ1v) is 5.42. The van der Waals surface area contributed by atoms with Crippen molar-refractivity contribution in [3.8, 4) is 0 Å². The molecular weight excluding hydrogens is 176 g/mol. The second-order valence-electron chi connectivity index (χ2n) is 5.29. The summed E-state index contributed by atoms with van der Waals surface area (Å²) in [7, 11) is 0. The number of likely N-dealkylation sites (tertiary alicyclic amines) is 1. The van der Waals surface area contributed by atoms with Gasteiger partial charge in [-0.05, 0) is 24.3 Å². The summed E-state index contributed by atoms with van der Waals surface area (Å²) in [5, 5.41) is 0. The van der Waals surface area contributed by atoms with Crippen LogP contribution in [-0.2, 0) is 4.79 Å². The highest BCUT2D eigenvalue weighted by molar-refractivity contribution is 5.77. The molecule has 0 aromatic heterocycles. The van der Waals surface area contributed by atoms with Crippen LogP contribution in [-0.4, -0.2) is 30.4 Å². The molecule has 0 aromatic carbocycles. The summed E-state index contributed by atoms with van der Waals surface area (Å²) in [6.07, 6.45) is 1.75. The fourth-order valence-electron chi connectivity index (χ4n) is 1.83. The molecule has 14 heavy (non-hydrogen) atoms. The van der Waals surface area contributed by atoms with Crippen molar-refractivity contribution in [3.05, 3.63) is 0 Å². The first-order chi connectivity index (χ1) is 6.44. The predicted octanol–water partition coefficient (Wildman–Crippen LogP) is 1.23. The third kappa shape index (κ3) is 2.98. The van der Waals surface area contributed by atoms with E-state index in [9.17, 15) is 4.79 Å². The lowest BCUT2D eigenvalue weighted by Gasteiger charge is -2.36. The summed E-state index contributed by atoms with van der Waals surface area (Å²) >= 11 is 0. The Hall–Kier alpha value is -0.570. The largest absolute Gasteiger partial charge is 0.342 e. The van der Waals surface area contributed by atoms with Crippen LogP contribution in [0, 0.1) is 11.3 Å². The Kier molecular flexibility index (Phi) is 3.53. The van der Waals surface area contributed by atoms with Crippen LogP contribution in [0.3, 0.4) is 0 Å². The normalized spacial score (nSPS) is 24.1. The zero-order chi connectivity index (χ0) is 10.8. The third-order valence-electron chi connectivity index (χ3n) is 2.91. The Bertz CT molecular complexity index is 213. The van der Waals surface area contributed by atoms with Gasteiger partial charge in [-0.15, -0.1) is 0 Å². The number of carbonyl (C=O) groups excluding carboxylic acids is 1. The molecule has 1 aliphatic heterocycles. The van der Waals surface area contributed by atoms with E-state index in [0.29, 0.717) is 24.8 Å². The molecule has 1 rings (SSSR count). The van der Waals surface area contributed by atoms with E-state index in [1.165, 1.54) is 0 Å². The zero-order valence-electron chi connectivity index (χ0n) is 9.55. The van der Waals surface area contributed by atoms with E-state index in [4.69, 9.17) is 5.73 Å². The second-order valence-corrected chi connectivity index (χ2v) is 5.29. The Morgan fingerprint density at radius 3 is 2.79 bits per heavy atom. The predicted molar refractivity (Wildman–Crippen MR) is 57.8 cm³/mol. The van der Waals surface area contributed by atoms with Crippen molar-refractivity contribution in [2.75, 3.05) is 19.6 Å². The zero-order valence-corrected chi connectivity index (χ0v) is 9.55. The maximum atomic E-state index is 11.6. The van der Waals surface area contributed by atoms with E-state index in [1.54, 1.807) is 0 Å². The van der Waals surface area contributed by atoms with Crippen molar-refractivity contribution in [1.29, 1.82) is 0 Å². The molecule has 0 spiro atoms. The van der Waals surface area contributed by atoms with Gasteiger partial charge >= 0.3 is 0 Å². The SMILES string of the molecule is CC1CCC(=O)N(CC(C)(C)CN)C1. The summed E-state index contributed by atoms with van der Waals surface area (Å²) in [5.74, 6) is 0.936. The van der Waals surface area contributed by atoms with E-state index < -0.39 is 0 Å². The summed E-state index contributed by atoms with van der Waals surface area (Å²) in [6.45, 7) is 8.76. The standard InChI is InChI=1S/C11H22N2O/c1-9-4-5-10(14)13(6-9)8-11(2,3)7-12/h9H,4-8,12H2,1-3H3. The van der Waals surface area contributed by atoms with Gasteiger partial charge in [-0.25, -0.2) is 0 Å². The molecule has 1 unspecified atom stereocenters. The number of carbonyl (C=O) groups is 1. The molecule has 0 aromatic rings. The average Bonchev–Trinajstić information content (AvgIpc) is 2.11. The molecule has 1 aliphatic rings. The van der Waals surface area contributed by atoms with Gasteiger partial charge in [0, 0.05) is 19.5 Å². The van der Waals surface area contributed by atoms with Gasteiger partial charge in [0.05, 0.1) is 0 Å². The molecule has 2 N–H and O–H groups in total. The number of hydrogen-bond donors (Lipinski definition) is 1. The topological polar surface area (TPSA) is 46.3 Å². The van der Waals surface area contributed by atoms with Gasteiger partial charge < -0.3 is 10.6 Å². The molecule has 0 radical (unpaired) electrons. The van der Waals surface area contributed by atoms with Gasteiger partial charge in [0.25, 0.3) is 0 Å². The summed E-state index contributed by atoms with van der Waals surface area (Å²) < 4.78 is 0. The number of nitrogens with two attached hydrogens (primary N) is 1. The van der Waals surface area contributed by atoms with Crippen LogP contribution in [0.5, 0.6) is 0 Å². The average molecular weight is 198 g/mol. The Morgan fingerprint density at radius 2 is 2.21 bits per heavy atom. The van der Waals surface area contributed by atoms with Gasteiger partial charge in [-0.1, -0.05) is 20.8 Å². The molecule has 82 valence electrons. The first kappa shape index (κ1) is 11.5. The molecular formula is C11H22N2O. The minimum Gasteiger partial charge on any atom is -0.342 e. The van der Waals surface area contributed by atoms with Crippen molar-refractivity contribution < 1.29 is 4.79 Å². The van der Waals surface area contributed by atoms with Crippen molar-refractivity contribution in [2.24, 2.45) is 17.1 Å². The van der Waals surface area contributed by atoms with E-state index in [2.05, 4.69) is 20.8 Å². The van der Waals surface area contributed by atoms with Crippen molar-refractivity contribution in [2.45, 2.75) is 33.6 Å². The monoisotopic (exact) mass is 198 g/mol. The van der Waals surface area contributed by atoms with Gasteiger partial charge in [-0.3, -0.25) is 4.79 Å². The molecule has 0 bridgehead atoms. The van der Waals surface area contributed by atoms with Crippen molar-refractivity contribution in [3.63, 3.8) is 0 Å². The fraction of sp³-hybridized carbons (Fsp3) is 0.909. The highest BCUT2D eigenvalue weighted by Crippen LogP contribution is 2.22. The first-order valence-electron chi connectivity index (χ1n) is 5.42. The Balaban J connectivity index is 2.53. The molecule has 1 saturated heterocycles. The fourth-order valence-corrected chi connectivity index (χ4v) is 1.83. The van der Waals surface area contributed by atoms with Crippen molar-refractivity contribution in [1.82, 2.24) is 4.90 Å². The molecule has 1 fully saturated rings. The van der Waals surface area contributed by atoms with Gasteiger partial charge in [0.1, 0.15) is 0 Å². The smallest absolute Gasteiger partial charge is 0.222 e. The lowest BCUT2D eigenvalue weighted by molar-refractivity contribution is -0.136. The van der Waals surface area contributed by atoms with E-state index in [0.717, 1.165) is 19.5 Å². The van der Waals surface area contributed by atoms with Gasteiger partial charge in [0.15, 0.2) is 0 Å². The minimum absolute atomic E-state index is 0.0483. The molecule has 1 atom stereocenters. The molecule has 0 aliphatic carbocycles. The number of piperidine rings is 1. The molecule has 1 amide bonds. The minimum atomic E-state index is 0.0483. The van der Waals surface area contributed by atoms with Crippen LogP contribution < -0.4 is 5.73 Å². The van der Waals surface area contributed by atoms with E-state index >= 15 is 0 Å². The van der Waals surface area contributed by atoms with Crippen molar-refractivity contribution >= 4 is 5.91 Å². The van der Waals surface area contributed by atoms with E-state index in [1.807, 2.05) is 4.90 Å². The van der Waals surface area contributed by atoms with E-state index in [-0.39, 0.29) is 5.41 Å². The summed E-state index contributed by atoms with van der Waals surface area (Å²) in [6, 6.07) is 0. The number of nitrogens with zero attached hydrogens (tertiary/aromatic N) is 1. The number of rotatable bonds is 3.